The molecule has 1 aliphatic rings. The first-order chi connectivity index (χ1) is 15.1. The molecule has 0 radical (unpaired) electrons. The molecule has 7 nitrogen and oxygen atoms in total. The predicted octanol–water partition coefficient (Wildman–Crippen LogP) is 4.57. The zero-order chi connectivity index (χ0) is 21.2. The van der Waals surface area contributed by atoms with Crippen molar-refractivity contribution in [3.05, 3.63) is 72.1 Å². The molecular formula is C24H24N6O. The van der Waals surface area contributed by atoms with Crippen LogP contribution in [0.2, 0.25) is 0 Å². The number of amides is 1. The lowest BCUT2D eigenvalue weighted by atomic mass is 10.1. The van der Waals surface area contributed by atoms with Crippen LogP contribution < -0.4 is 16.0 Å². The number of benzene rings is 2. The fourth-order valence-corrected chi connectivity index (χ4v) is 3.57. The first-order valence-corrected chi connectivity index (χ1v) is 10.5. The van der Waals surface area contributed by atoms with Crippen LogP contribution in [0.5, 0.6) is 0 Å². The van der Waals surface area contributed by atoms with Gasteiger partial charge in [0.25, 0.3) is 0 Å². The SMILES string of the molecule is Cc1cc2cc(Nc3ccnc(Nc4cccc(CC(=O)NC5CC5)c4)n3)ccc2[nH]1. The highest BCUT2D eigenvalue weighted by Gasteiger charge is 2.23. The van der Waals surface area contributed by atoms with E-state index >= 15 is 0 Å². The highest BCUT2D eigenvalue weighted by Crippen LogP contribution is 2.23. The summed E-state index contributed by atoms with van der Waals surface area (Å²) in [6.45, 7) is 2.05. The van der Waals surface area contributed by atoms with Crippen LogP contribution in [-0.2, 0) is 11.2 Å². The quantitative estimate of drug-likeness (QED) is 0.357. The third kappa shape index (κ3) is 4.83. The Morgan fingerprint density at radius 1 is 1.06 bits per heavy atom. The summed E-state index contributed by atoms with van der Waals surface area (Å²) in [6.07, 6.45) is 4.26. The molecule has 1 saturated carbocycles. The second-order valence-corrected chi connectivity index (χ2v) is 7.99. The molecule has 7 heteroatoms. The summed E-state index contributed by atoms with van der Waals surface area (Å²) in [5, 5.41) is 10.7. The van der Waals surface area contributed by atoms with Crippen molar-refractivity contribution < 1.29 is 4.79 Å². The number of hydrogen-bond donors (Lipinski definition) is 4. The van der Waals surface area contributed by atoms with Crippen LogP contribution in [0.25, 0.3) is 10.9 Å². The minimum absolute atomic E-state index is 0.0664. The van der Waals surface area contributed by atoms with Crippen LogP contribution in [0.4, 0.5) is 23.1 Å². The van der Waals surface area contributed by atoms with Crippen molar-refractivity contribution in [3.8, 4) is 0 Å². The number of aromatic nitrogens is 3. The Labute approximate surface area is 180 Å². The Kier molecular flexibility index (Phi) is 5.00. The Balaban J connectivity index is 1.27. The third-order valence-electron chi connectivity index (χ3n) is 5.17. The average molecular weight is 412 g/mol. The van der Waals surface area contributed by atoms with Gasteiger partial charge in [0.1, 0.15) is 5.82 Å². The van der Waals surface area contributed by atoms with Crippen molar-refractivity contribution in [2.45, 2.75) is 32.2 Å². The van der Waals surface area contributed by atoms with Crippen LogP contribution in [0.1, 0.15) is 24.1 Å². The first kappa shape index (κ1) is 19.1. The monoisotopic (exact) mass is 412 g/mol. The molecule has 0 bridgehead atoms. The molecule has 4 aromatic rings. The molecule has 0 saturated heterocycles. The molecule has 2 aromatic carbocycles. The van der Waals surface area contributed by atoms with Gasteiger partial charge in [-0.25, -0.2) is 4.98 Å². The number of nitrogens with zero attached hydrogens (tertiary/aromatic N) is 2. The minimum atomic E-state index is 0.0664. The van der Waals surface area contributed by atoms with Crippen molar-refractivity contribution in [1.82, 2.24) is 20.3 Å². The maximum absolute atomic E-state index is 12.1. The van der Waals surface area contributed by atoms with Crippen LogP contribution in [0.3, 0.4) is 0 Å². The van der Waals surface area contributed by atoms with E-state index in [2.05, 4.69) is 49.1 Å². The molecule has 0 aliphatic heterocycles. The van der Waals surface area contributed by atoms with Gasteiger partial charge in [-0.3, -0.25) is 4.79 Å². The molecule has 0 unspecified atom stereocenters. The second kappa shape index (κ2) is 8.10. The van der Waals surface area contributed by atoms with E-state index in [4.69, 9.17) is 0 Å². The minimum Gasteiger partial charge on any atom is -0.359 e. The number of anilines is 4. The molecule has 1 aliphatic carbocycles. The van der Waals surface area contributed by atoms with Gasteiger partial charge in [-0.15, -0.1) is 0 Å². The molecular weight excluding hydrogens is 388 g/mol. The van der Waals surface area contributed by atoms with Crippen LogP contribution in [-0.4, -0.2) is 26.9 Å². The molecule has 31 heavy (non-hydrogen) atoms. The Morgan fingerprint density at radius 3 is 2.81 bits per heavy atom. The summed E-state index contributed by atoms with van der Waals surface area (Å²) in [5.74, 6) is 1.25. The number of rotatable bonds is 7. The lowest BCUT2D eigenvalue weighted by Gasteiger charge is -2.10. The number of aryl methyl sites for hydroxylation is 1. The maximum Gasteiger partial charge on any atom is 0.229 e. The molecule has 0 atom stereocenters. The number of carbonyl (C=O) groups excluding carboxylic acids is 1. The Morgan fingerprint density at radius 2 is 1.94 bits per heavy atom. The van der Waals surface area contributed by atoms with Gasteiger partial charge in [-0.2, -0.15) is 4.98 Å². The van der Waals surface area contributed by atoms with Crippen LogP contribution in [0, 0.1) is 6.92 Å². The van der Waals surface area contributed by atoms with Gasteiger partial charge in [-0.05, 0) is 67.8 Å². The summed E-state index contributed by atoms with van der Waals surface area (Å²) in [6, 6.07) is 18.3. The molecule has 156 valence electrons. The first-order valence-electron chi connectivity index (χ1n) is 10.5. The fraction of sp³-hybridized carbons (Fsp3) is 0.208. The lowest BCUT2D eigenvalue weighted by Crippen LogP contribution is -2.26. The number of carbonyl (C=O) groups is 1. The van der Waals surface area contributed by atoms with Crippen molar-refractivity contribution in [3.63, 3.8) is 0 Å². The third-order valence-corrected chi connectivity index (χ3v) is 5.17. The molecule has 5 rings (SSSR count). The largest absolute Gasteiger partial charge is 0.359 e. The summed E-state index contributed by atoms with van der Waals surface area (Å²) in [5.41, 5.74) is 5.00. The zero-order valence-electron chi connectivity index (χ0n) is 17.3. The molecule has 1 amide bonds. The van der Waals surface area contributed by atoms with E-state index in [0.29, 0.717) is 24.2 Å². The number of H-pyrrole nitrogens is 1. The van der Waals surface area contributed by atoms with E-state index in [-0.39, 0.29) is 5.91 Å². The van der Waals surface area contributed by atoms with Crippen molar-refractivity contribution in [1.29, 1.82) is 0 Å². The maximum atomic E-state index is 12.1. The summed E-state index contributed by atoms with van der Waals surface area (Å²) < 4.78 is 0. The van der Waals surface area contributed by atoms with Gasteiger partial charge >= 0.3 is 0 Å². The summed E-state index contributed by atoms with van der Waals surface area (Å²) >= 11 is 0. The van der Waals surface area contributed by atoms with E-state index in [0.717, 1.165) is 46.4 Å². The number of hydrogen-bond acceptors (Lipinski definition) is 5. The van der Waals surface area contributed by atoms with Crippen molar-refractivity contribution >= 4 is 40.0 Å². The smallest absolute Gasteiger partial charge is 0.229 e. The number of nitrogens with one attached hydrogen (secondary N) is 4. The summed E-state index contributed by atoms with van der Waals surface area (Å²) in [4.78, 5) is 24.3. The van der Waals surface area contributed by atoms with Crippen molar-refractivity contribution in [2.75, 3.05) is 10.6 Å². The standard InChI is InChI=1S/C24H24N6O/c1-15-11-17-14-20(7-8-21(17)26-15)27-22-9-10-25-24(30-22)29-19-4-2-3-16(12-19)13-23(31)28-18-5-6-18/h2-4,7-12,14,18,26H,5-6,13H2,1H3,(H,28,31)(H2,25,27,29,30). The highest BCUT2D eigenvalue weighted by molar-refractivity contribution is 5.84. The second-order valence-electron chi connectivity index (χ2n) is 7.99. The van der Waals surface area contributed by atoms with Gasteiger partial charge in [0.2, 0.25) is 11.9 Å². The normalized spacial score (nSPS) is 13.2. The Hall–Kier alpha value is -3.87. The number of aromatic amines is 1. The molecule has 2 heterocycles. The number of fused-ring (bicyclic) bond motifs is 1. The van der Waals surface area contributed by atoms with Gasteiger partial charge < -0.3 is 20.9 Å². The van der Waals surface area contributed by atoms with Crippen LogP contribution >= 0.6 is 0 Å². The van der Waals surface area contributed by atoms with Gasteiger partial charge in [0, 0.05) is 40.2 Å². The summed E-state index contributed by atoms with van der Waals surface area (Å²) in [7, 11) is 0. The predicted molar refractivity (Wildman–Crippen MR) is 123 cm³/mol. The van der Waals surface area contributed by atoms with Crippen LogP contribution in [0.15, 0.2) is 60.8 Å². The topological polar surface area (TPSA) is 94.7 Å². The molecule has 4 N–H and O–H groups in total. The fourth-order valence-electron chi connectivity index (χ4n) is 3.57. The molecule has 1 fully saturated rings. The van der Waals surface area contributed by atoms with E-state index in [9.17, 15) is 4.79 Å². The van der Waals surface area contributed by atoms with Crippen molar-refractivity contribution in [2.24, 2.45) is 0 Å². The van der Waals surface area contributed by atoms with E-state index in [1.165, 1.54) is 0 Å². The van der Waals surface area contributed by atoms with Gasteiger partial charge in [0.05, 0.1) is 6.42 Å². The zero-order valence-corrected chi connectivity index (χ0v) is 17.3. The van der Waals surface area contributed by atoms with Gasteiger partial charge in [0.15, 0.2) is 0 Å². The highest BCUT2D eigenvalue weighted by atomic mass is 16.1. The average Bonchev–Trinajstić information content (AvgIpc) is 3.46. The van der Waals surface area contributed by atoms with E-state index in [1.807, 2.05) is 43.3 Å². The molecule has 2 aromatic heterocycles. The Bertz CT molecular complexity index is 1240. The van der Waals surface area contributed by atoms with E-state index in [1.54, 1.807) is 6.20 Å². The van der Waals surface area contributed by atoms with E-state index < -0.39 is 0 Å². The lowest BCUT2D eigenvalue weighted by molar-refractivity contribution is -0.120. The van der Waals surface area contributed by atoms with Gasteiger partial charge in [-0.1, -0.05) is 12.1 Å². The molecule has 0 spiro atoms.